The fraction of sp³-hybridized carbons (Fsp3) is 0.562. The van der Waals surface area contributed by atoms with Crippen LogP contribution < -0.4 is 0 Å². The van der Waals surface area contributed by atoms with Gasteiger partial charge in [-0.05, 0) is 52.7 Å². The maximum absolute atomic E-state index is 12.6. The fourth-order valence-corrected chi connectivity index (χ4v) is 2.47. The van der Waals surface area contributed by atoms with Crippen LogP contribution in [-0.2, 0) is 9.53 Å². The third-order valence-electron chi connectivity index (χ3n) is 3.34. The average molecular weight is 290 g/mol. The summed E-state index contributed by atoms with van der Waals surface area (Å²) in [6.45, 7) is 7.92. The SMILES string of the molecule is Cc1cc(C(=O)N2CCC[C@H]2C(=O)OC(C)(C)C)ccn1. The molecule has 0 bridgehead atoms. The molecule has 0 radical (unpaired) electrons. The van der Waals surface area contributed by atoms with Crippen molar-refractivity contribution >= 4 is 11.9 Å². The molecule has 0 aromatic carbocycles. The molecule has 5 nitrogen and oxygen atoms in total. The van der Waals surface area contributed by atoms with Gasteiger partial charge in [-0.3, -0.25) is 9.78 Å². The lowest BCUT2D eigenvalue weighted by Gasteiger charge is -2.27. The Morgan fingerprint density at radius 2 is 2.10 bits per heavy atom. The zero-order valence-corrected chi connectivity index (χ0v) is 13.0. The molecule has 21 heavy (non-hydrogen) atoms. The molecule has 0 saturated carbocycles. The van der Waals surface area contributed by atoms with Crippen LogP contribution in [0.4, 0.5) is 0 Å². The number of carbonyl (C=O) groups excluding carboxylic acids is 2. The molecule has 0 aliphatic carbocycles. The highest BCUT2D eigenvalue weighted by Crippen LogP contribution is 2.23. The Hall–Kier alpha value is -1.91. The van der Waals surface area contributed by atoms with E-state index in [1.165, 1.54) is 0 Å². The molecule has 2 heterocycles. The topological polar surface area (TPSA) is 59.5 Å². The van der Waals surface area contributed by atoms with Gasteiger partial charge in [0.25, 0.3) is 5.91 Å². The maximum atomic E-state index is 12.6. The van der Waals surface area contributed by atoms with Gasteiger partial charge in [-0.1, -0.05) is 0 Å². The van der Waals surface area contributed by atoms with E-state index in [0.717, 1.165) is 12.1 Å². The molecule has 1 aliphatic rings. The minimum Gasteiger partial charge on any atom is -0.458 e. The van der Waals surface area contributed by atoms with E-state index in [9.17, 15) is 9.59 Å². The molecule has 0 N–H and O–H groups in total. The summed E-state index contributed by atoms with van der Waals surface area (Å²) in [6, 6.07) is 2.94. The molecule has 0 unspecified atom stereocenters. The molecule has 1 atom stereocenters. The molecular formula is C16H22N2O3. The molecule has 5 heteroatoms. The summed E-state index contributed by atoms with van der Waals surface area (Å²) in [7, 11) is 0. The largest absolute Gasteiger partial charge is 0.458 e. The summed E-state index contributed by atoms with van der Waals surface area (Å²) in [6.07, 6.45) is 3.09. The summed E-state index contributed by atoms with van der Waals surface area (Å²) in [4.78, 5) is 30.5. The van der Waals surface area contributed by atoms with Gasteiger partial charge in [0.15, 0.2) is 0 Å². The Kier molecular flexibility index (Phi) is 4.30. The van der Waals surface area contributed by atoms with Gasteiger partial charge in [-0.2, -0.15) is 0 Å². The molecule has 2 rings (SSSR count). The van der Waals surface area contributed by atoms with Crippen LogP contribution in [-0.4, -0.2) is 39.9 Å². The second kappa shape index (κ2) is 5.84. The number of pyridine rings is 1. The highest BCUT2D eigenvalue weighted by molar-refractivity contribution is 5.97. The third kappa shape index (κ3) is 3.80. The van der Waals surface area contributed by atoms with Crippen molar-refractivity contribution in [3.05, 3.63) is 29.6 Å². The minimum absolute atomic E-state index is 0.131. The number of aryl methyl sites for hydroxylation is 1. The summed E-state index contributed by atoms with van der Waals surface area (Å²) in [5.74, 6) is -0.451. The quantitative estimate of drug-likeness (QED) is 0.784. The van der Waals surface area contributed by atoms with Gasteiger partial charge in [-0.15, -0.1) is 0 Å². The Morgan fingerprint density at radius 1 is 1.38 bits per heavy atom. The number of ether oxygens (including phenoxy) is 1. The van der Waals surface area contributed by atoms with E-state index in [1.807, 2.05) is 27.7 Å². The van der Waals surface area contributed by atoms with Crippen molar-refractivity contribution in [2.45, 2.75) is 52.2 Å². The van der Waals surface area contributed by atoms with Crippen molar-refractivity contribution in [1.82, 2.24) is 9.88 Å². The summed E-state index contributed by atoms with van der Waals surface area (Å²) in [5, 5.41) is 0. The second-order valence-corrected chi connectivity index (χ2v) is 6.38. The first-order valence-corrected chi connectivity index (χ1v) is 7.24. The fourth-order valence-electron chi connectivity index (χ4n) is 2.47. The van der Waals surface area contributed by atoms with Crippen LogP contribution in [0.25, 0.3) is 0 Å². The Balaban J connectivity index is 2.15. The van der Waals surface area contributed by atoms with E-state index in [1.54, 1.807) is 23.2 Å². The van der Waals surface area contributed by atoms with Crippen molar-refractivity contribution in [1.29, 1.82) is 0 Å². The number of aromatic nitrogens is 1. The van der Waals surface area contributed by atoms with E-state index >= 15 is 0 Å². The van der Waals surface area contributed by atoms with Gasteiger partial charge in [0.1, 0.15) is 11.6 Å². The molecule has 114 valence electrons. The summed E-state index contributed by atoms with van der Waals surface area (Å²) >= 11 is 0. The van der Waals surface area contributed by atoms with Gasteiger partial charge >= 0.3 is 5.97 Å². The Bertz CT molecular complexity index is 549. The minimum atomic E-state index is -0.540. The van der Waals surface area contributed by atoms with Crippen LogP contribution in [0.15, 0.2) is 18.3 Å². The van der Waals surface area contributed by atoms with Gasteiger partial charge in [-0.25, -0.2) is 4.79 Å². The van der Waals surface area contributed by atoms with Gasteiger partial charge in [0, 0.05) is 24.0 Å². The molecule has 1 fully saturated rings. The van der Waals surface area contributed by atoms with Crippen LogP contribution >= 0.6 is 0 Å². The first-order valence-electron chi connectivity index (χ1n) is 7.24. The third-order valence-corrected chi connectivity index (χ3v) is 3.34. The van der Waals surface area contributed by atoms with Crippen molar-refractivity contribution in [2.75, 3.05) is 6.54 Å². The van der Waals surface area contributed by atoms with E-state index in [-0.39, 0.29) is 11.9 Å². The number of nitrogens with zero attached hydrogens (tertiary/aromatic N) is 2. The van der Waals surface area contributed by atoms with Crippen LogP contribution in [0.1, 0.15) is 49.7 Å². The van der Waals surface area contributed by atoms with Crippen LogP contribution in [0.2, 0.25) is 0 Å². The summed E-state index contributed by atoms with van der Waals surface area (Å²) < 4.78 is 5.42. The number of hydrogen-bond donors (Lipinski definition) is 0. The molecule has 1 aromatic heterocycles. The zero-order valence-electron chi connectivity index (χ0n) is 13.0. The van der Waals surface area contributed by atoms with E-state index < -0.39 is 11.6 Å². The van der Waals surface area contributed by atoms with Crippen molar-refractivity contribution in [3.8, 4) is 0 Å². The van der Waals surface area contributed by atoms with E-state index in [2.05, 4.69) is 4.98 Å². The smallest absolute Gasteiger partial charge is 0.329 e. The number of hydrogen-bond acceptors (Lipinski definition) is 4. The van der Waals surface area contributed by atoms with Gasteiger partial charge in [0.2, 0.25) is 0 Å². The monoisotopic (exact) mass is 290 g/mol. The molecule has 1 aromatic rings. The average Bonchev–Trinajstić information content (AvgIpc) is 2.85. The Morgan fingerprint density at radius 3 is 2.71 bits per heavy atom. The highest BCUT2D eigenvalue weighted by Gasteiger charge is 2.37. The Labute approximate surface area is 125 Å². The number of amides is 1. The summed E-state index contributed by atoms with van der Waals surface area (Å²) in [5.41, 5.74) is 0.814. The van der Waals surface area contributed by atoms with Gasteiger partial charge < -0.3 is 9.64 Å². The van der Waals surface area contributed by atoms with E-state index in [0.29, 0.717) is 18.5 Å². The maximum Gasteiger partial charge on any atom is 0.329 e. The number of carbonyl (C=O) groups is 2. The number of likely N-dealkylation sites (tertiary alicyclic amines) is 1. The molecule has 1 aliphatic heterocycles. The first-order chi connectivity index (χ1) is 9.78. The molecular weight excluding hydrogens is 268 g/mol. The highest BCUT2D eigenvalue weighted by atomic mass is 16.6. The van der Waals surface area contributed by atoms with Crippen LogP contribution in [0, 0.1) is 6.92 Å². The first kappa shape index (κ1) is 15.5. The van der Waals surface area contributed by atoms with Gasteiger partial charge in [0.05, 0.1) is 0 Å². The van der Waals surface area contributed by atoms with Crippen molar-refractivity contribution < 1.29 is 14.3 Å². The second-order valence-electron chi connectivity index (χ2n) is 6.38. The predicted molar refractivity (Wildman–Crippen MR) is 78.9 cm³/mol. The molecule has 1 saturated heterocycles. The lowest BCUT2D eigenvalue weighted by molar-refractivity contribution is -0.159. The van der Waals surface area contributed by atoms with E-state index in [4.69, 9.17) is 4.74 Å². The zero-order chi connectivity index (χ0) is 15.6. The number of esters is 1. The van der Waals surface area contributed by atoms with Crippen LogP contribution in [0.3, 0.4) is 0 Å². The predicted octanol–water partition coefficient (Wildman–Crippen LogP) is 2.34. The molecule has 0 spiro atoms. The number of rotatable bonds is 2. The standard InChI is InChI=1S/C16H22N2O3/c1-11-10-12(7-8-17-11)14(19)18-9-5-6-13(18)15(20)21-16(2,3)4/h7-8,10,13H,5-6,9H2,1-4H3/t13-/m0/s1. The lowest BCUT2D eigenvalue weighted by Crippen LogP contribution is -2.43. The lowest BCUT2D eigenvalue weighted by atomic mass is 10.1. The van der Waals surface area contributed by atoms with Crippen LogP contribution in [0.5, 0.6) is 0 Å². The normalized spacial score (nSPS) is 18.7. The van der Waals surface area contributed by atoms with Crippen molar-refractivity contribution in [2.24, 2.45) is 0 Å². The van der Waals surface area contributed by atoms with Crippen molar-refractivity contribution in [3.63, 3.8) is 0 Å². The molecule has 1 amide bonds.